The summed E-state index contributed by atoms with van der Waals surface area (Å²) in [6, 6.07) is 6.33. The zero-order valence-corrected chi connectivity index (χ0v) is 18.5. The summed E-state index contributed by atoms with van der Waals surface area (Å²) in [4.78, 5) is 11.2. The molecule has 9 heteroatoms. The molecule has 4 rings (SSSR count). The smallest absolute Gasteiger partial charge is 0.222 e. The van der Waals surface area contributed by atoms with Crippen molar-refractivity contribution >= 4 is 22.8 Å². The predicted molar refractivity (Wildman–Crippen MR) is 121 cm³/mol. The van der Waals surface area contributed by atoms with Gasteiger partial charge in [-0.25, -0.2) is 4.98 Å². The maximum absolute atomic E-state index is 5.91. The van der Waals surface area contributed by atoms with Crippen LogP contribution in [0.3, 0.4) is 0 Å². The van der Waals surface area contributed by atoms with Gasteiger partial charge in [-0.05, 0) is 24.1 Å². The lowest BCUT2D eigenvalue weighted by molar-refractivity contribution is -0.0334. The molecule has 1 fully saturated rings. The van der Waals surface area contributed by atoms with Crippen LogP contribution < -0.4 is 15.8 Å². The van der Waals surface area contributed by atoms with Crippen LogP contribution in [0, 0.1) is 0 Å². The largest absolute Gasteiger partial charge is 0.496 e. The first kappa shape index (κ1) is 21.3. The lowest BCUT2D eigenvalue weighted by atomic mass is 10.1. The van der Waals surface area contributed by atoms with Crippen molar-refractivity contribution in [2.45, 2.75) is 39.0 Å². The number of ether oxygens (including phenoxy) is 2. The van der Waals surface area contributed by atoms with Crippen LogP contribution in [0.2, 0.25) is 0 Å². The number of rotatable bonds is 10. The molecule has 0 saturated carbocycles. The van der Waals surface area contributed by atoms with Gasteiger partial charge in [0.15, 0.2) is 5.82 Å². The summed E-state index contributed by atoms with van der Waals surface area (Å²) in [6.07, 6.45) is 4.23. The zero-order chi connectivity index (χ0) is 21.8. The second-order valence-corrected chi connectivity index (χ2v) is 7.94. The summed E-state index contributed by atoms with van der Waals surface area (Å²) in [5.41, 5.74) is 9.79. The van der Waals surface area contributed by atoms with Gasteiger partial charge in [-0.3, -0.25) is 9.58 Å². The molecule has 31 heavy (non-hydrogen) atoms. The molecule has 3 aromatic rings. The lowest BCUT2D eigenvalue weighted by Gasteiger charge is -2.38. The van der Waals surface area contributed by atoms with Crippen molar-refractivity contribution in [1.29, 1.82) is 0 Å². The molecule has 3 N–H and O–H groups in total. The van der Waals surface area contributed by atoms with E-state index in [1.54, 1.807) is 20.4 Å². The molecule has 1 aliphatic heterocycles. The van der Waals surface area contributed by atoms with Gasteiger partial charge in [0.2, 0.25) is 5.95 Å². The molecule has 0 radical (unpaired) electrons. The number of hydrogen-bond acceptors (Lipinski definition) is 8. The SMILES string of the molecule is CCCCNc1nc(N)nc2cnn(Cc3cc(CN4CC(OC)C4)ccc3OC)c12. The summed E-state index contributed by atoms with van der Waals surface area (Å²) >= 11 is 0. The summed E-state index contributed by atoms with van der Waals surface area (Å²) < 4.78 is 12.9. The Morgan fingerprint density at radius 1 is 1.19 bits per heavy atom. The zero-order valence-electron chi connectivity index (χ0n) is 18.5. The van der Waals surface area contributed by atoms with E-state index in [4.69, 9.17) is 15.2 Å². The quantitative estimate of drug-likeness (QED) is 0.478. The standard InChI is InChI=1S/C22H31N7O2/c1-4-5-8-24-21-20-18(26-22(23)27-21)10-25-29(20)12-16-9-15(6-7-19(16)31-3)11-28-13-17(14-28)30-2/h6-7,9-10,17H,4-5,8,11-14H2,1-3H3,(H3,23,24,26,27). The highest BCUT2D eigenvalue weighted by atomic mass is 16.5. The Bertz CT molecular complexity index is 1030. The third-order valence-electron chi connectivity index (χ3n) is 5.66. The van der Waals surface area contributed by atoms with Gasteiger partial charge in [-0.2, -0.15) is 10.1 Å². The fourth-order valence-electron chi connectivity index (χ4n) is 3.92. The minimum absolute atomic E-state index is 0.245. The first-order chi connectivity index (χ1) is 15.1. The number of likely N-dealkylation sites (tertiary alicyclic amines) is 1. The number of nitrogens with zero attached hydrogens (tertiary/aromatic N) is 5. The minimum atomic E-state index is 0.245. The number of nitrogens with two attached hydrogens (primary N) is 1. The van der Waals surface area contributed by atoms with Crippen molar-refractivity contribution in [2.75, 3.05) is 44.9 Å². The summed E-state index contributed by atoms with van der Waals surface area (Å²) in [7, 11) is 3.46. The molecular formula is C22H31N7O2. The van der Waals surface area contributed by atoms with E-state index in [0.717, 1.165) is 67.2 Å². The number of hydrogen-bond donors (Lipinski definition) is 2. The van der Waals surface area contributed by atoms with E-state index in [2.05, 4.69) is 44.3 Å². The van der Waals surface area contributed by atoms with Crippen molar-refractivity contribution in [3.63, 3.8) is 0 Å². The molecule has 166 valence electrons. The van der Waals surface area contributed by atoms with Crippen molar-refractivity contribution in [3.05, 3.63) is 35.5 Å². The van der Waals surface area contributed by atoms with Gasteiger partial charge in [0.1, 0.15) is 16.8 Å². The number of methoxy groups -OCH3 is 2. The molecule has 2 aromatic heterocycles. The Hall–Kier alpha value is -2.91. The van der Waals surface area contributed by atoms with Gasteiger partial charge in [0.25, 0.3) is 0 Å². The fourth-order valence-corrected chi connectivity index (χ4v) is 3.92. The van der Waals surface area contributed by atoms with Gasteiger partial charge >= 0.3 is 0 Å². The molecule has 3 heterocycles. The maximum Gasteiger partial charge on any atom is 0.222 e. The Morgan fingerprint density at radius 2 is 2.03 bits per heavy atom. The predicted octanol–water partition coefficient (Wildman–Crippen LogP) is 2.51. The molecule has 0 spiro atoms. The first-order valence-corrected chi connectivity index (χ1v) is 10.7. The van der Waals surface area contributed by atoms with Crippen LogP contribution in [-0.2, 0) is 17.8 Å². The van der Waals surface area contributed by atoms with E-state index in [-0.39, 0.29) is 5.95 Å². The highest BCUT2D eigenvalue weighted by molar-refractivity contribution is 5.86. The highest BCUT2D eigenvalue weighted by Gasteiger charge is 2.26. The minimum Gasteiger partial charge on any atom is -0.496 e. The number of aromatic nitrogens is 4. The number of fused-ring (bicyclic) bond motifs is 1. The van der Waals surface area contributed by atoms with Crippen LogP contribution in [0.1, 0.15) is 30.9 Å². The molecule has 1 saturated heterocycles. The van der Waals surface area contributed by atoms with E-state index >= 15 is 0 Å². The number of unbranched alkanes of at least 4 members (excludes halogenated alkanes) is 1. The fraction of sp³-hybridized carbons (Fsp3) is 0.500. The second-order valence-electron chi connectivity index (χ2n) is 7.94. The van der Waals surface area contributed by atoms with Crippen LogP contribution in [0.15, 0.2) is 24.4 Å². The number of anilines is 2. The Morgan fingerprint density at radius 3 is 2.77 bits per heavy atom. The van der Waals surface area contributed by atoms with Gasteiger partial charge in [-0.1, -0.05) is 19.4 Å². The average molecular weight is 426 g/mol. The lowest BCUT2D eigenvalue weighted by Crippen LogP contribution is -2.50. The van der Waals surface area contributed by atoms with Crippen molar-refractivity contribution in [3.8, 4) is 5.75 Å². The third-order valence-corrected chi connectivity index (χ3v) is 5.66. The van der Waals surface area contributed by atoms with Gasteiger partial charge in [-0.15, -0.1) is 0 Å². The highest BCUT2D eigenvalue weighted by Crippen LogP contribution is 2.27. The normalized spacial score (nSPS) is 14.7. The van der Waals surface area contributed by atoms with Crippen molar-refractivity contribution in [1.82, 2.24) is 24.6 Å². The second kappa shape index (κ2) is 9.49. The summed E-state index contributed by atoms with van der Waals surface area (Å²) in [5.74, 6) is 1.80. The number of nitrogen functional groups attached to an aromatic ring is 1. The molecule has 9 nitrogen and oxygen atoms in total. The van der Waals surface area contributed by atoms with Crippen molar-refractivity contribution in [2.24, 2.45) is 0 Å². The van der Waals surface area contributed by atoms with E-state index < -0.39 is 0 Å². The monoisotopic (exact) mass is 425 g/mol. The first-order valence-electron chi connectivity index (χ1n) is 10.7. The van der Waals surface area contributed by atoms with Crippen LogP contribution in [0.25, 0.3) is 11.0 Å². The van der Waals surface area contributed by atoms with E-state index in [9.17, 15) is 0 Å². The van der Waals surface area contributed by atoms with Crippen molar-refractivity contribution < 1.29 is 9.47 Å². The Balaban J connectivity index is 1.60. The van der Waals surface area contributed by atoms with Crippen LogP contribution in [-0.4, -0.2) is 64.6 Å². The molecule has 0 amide bonds. The Kier molecular flexibility index (Phi) is 6.53. The van der Waals surface area contributed by atoms with Crippen LogP contribution in [0.5, 0.6) is 5.75 Å². The van der Waals surface area contributed by atoms with Gasteiger partial charge in [0, 0.05) is 38.9 Å². The molecule has 0 aliphatic carbocycles. The number of benzene rings is 1. The molecular weight excluding hydrogens is 394 g/mol. The van der Waals surface area contributed by atoms with Gasteiger partial charge in [0.05, 0.1) is 26.0 Å². The molecule has 0 bridgehead atoms. The molecule has 0 atom stereocenters. The topological polar surface area (TPSA) is 103 Å². The molecule has 1 aromatic carbocycles. The maximum atomic E-state index is 5.91. The number of nitrogens with one attached hydrogen (secondary N) is 1. The average Bonchev–Trinajstić information content (AvgIpc) is 3.13. The van der Waals surface area contributed by atoms with E-state index in [1.807, 2.05) is 10.7 Å². The molecule has 0 unspecified atom stereocenters. The van der Waals surface area contributed by atoms with Crippen LogP contribution >= 0.6 is 0 Å². The summed E-state index contributed by atoms with van der Waals surface area (Å²) in [5, 5.41) is 7.96. The van der Waals surface area contributed by atoms with E-state index in [0.29, 0.717) is 12.6 Å². The van der Waals surface area contributed by atoms with Crippen LogP contribution in [0.4, 0.5) is 11.8 Å². The Labute approximate surface area is 182 Å². The molecule has 1 aliphatic rings. The van der Waals surface area contributed by atoms with Gasteiger partial charge < -0.3 is 20.5 Å². The summed E-state index contributed by atoms with van der Waals surface area (Å²) in [6.45, 7) is 6.35. The van der Waals surface area contributed by atoms with E-state index in [1.165, 1.54) is 5.56 Å². The third kappa shape index (κ3) is 4.72.